The van der Waals surface area contributed by atoms with Crippen molar-refractivity contribution in [2.24, 2.45) is 0 Å². The molecular weight excluding hydrogens is 254 g/mol. The molecule has 2 rings (SSSR count). The number of rotatable bonds is 6. The van der Waals surface area contributed by atoms with E-state index in [1.54, 1.807) is 13.2 Å². The van der Waals surface area contributed by atoms with Gasteiger partial charge in [0.15, 0.2) is 5.82 Å². The summed E-state index contributed by atoms with van der Waals surface area (Å²) in [6.07, 6.45) is 2.47. The molecule has 0 amide bonds. The monoisotopic (exact) mass is 273 g/mol. The van der Waals surface area contributed by atoms with Gasteiger partial charge in [0, 0.05) is 24.0 Å². The number of ether oxygens (including phenoxy) is 1. The molecule has 106 valence electrons. The Morgan fingerprint density at radius 1 is 1.30 bits per heavy atom. The molecule has 0 aliphatic rings. The molecule has 0 saturated heterocycles. The van der Waals surface area contributed by atoms with Gasteiger partial charge in [-0.15, -0.1) is 0 Å². The normalized spacial score (nSPS) is 10.6. The molecule has 1 heterocycles. The fourth-order valence-electron chi connectivity index (χ4n) is 2.12. The second kappa shape index (κ2) is 6.32. The van der Waals surface area contributed by atoms with Crippen molar-refractivity contribution in [2.45, 2.75) is 33.2 Å². The summed E-state index contributed by atoms with van der Waals surface area (Å²) in [5.74, 6) is 2.54. The zero-order valence-electron chi connectivity index (χ0n) is 12.1. The number of aryl methyl sites for hydroxylation is 2. The summed E-state index contributed by atoms with van der Waals surface area (Å²) >= 11 is 0. The molecule has 0 atom stereocenters. The maximum atomic E-state index is 10.9. The zero-order chi connectivity index (χ0) is 14.5. The molecule has 0 bridgehead atoms. The van der Waals surface area contributed by atoms with E-state index < -0.39 is 0 Å². The van der Waals surface area contributed by atoms with Crippen molar-refractivity contribution in [3.8, 4) is 5.75 Å². The van der Waals surface area contributed by atoms with E-state index in [-0.39, 0.29) is 0 Å². The Bertz CT molecular complexity index is 605. The van der Waals surface area contributed by atoms with Gasteiger partial charge in [-0.2, -0.15) is 5.10 Å². The average molecular weight is 273 g/mol. The predicted molar refractivity (Wildman–Crippen MR) is 76.3 cm³/mol. The molecule has 0 saturated carbocycles. The summed E-state index contributed by atoms with van der Waals surface area (Å²) in [5.41, 5.74) is 1.56. The molecule has 0 unspecified atom stereocenters. The Balaban J connectivity index is 2.37. The quantitative estimate of drug-likeness (QED) is 0.758. The summed E-state index contributed by atoms with van der Waals surface area (Å²) < 4.78 is 7.23. The molecule has 5 heteroatoms. The van der Waals surface area contributed by atoms with Crippen LogP contribution in [-0.4, -0.2) is 28.2 Å². The number of benzene rings is 1. The van der Waals surface area contributed by atoms with Gasteiger partial charge >= 0.3 is 0 Å². The van der Waals surface area contributed by atoms with E-state index in [0.29, 0.717) is 12.1 Å². The van der Waals surface area contributed by atoms with Crippen molar-refractivity contribution in [3.63, 3.8) is 0 Å². The van der Waals surface area contributed by atoms with Crippen LogP contribution >= 0.6 is 0 Å². The zero-order valence-corrected chi connectivity index (χ0v) is 12.1. The third-order valence-electron chi connectivity index (χ3n) is 3.19. The first-order valence-corrected chi connectivity index (χ1v) is 6.76. The van der Waals surface area contributed by atoms with Crippen LogP contribution in [0.4, 0.5) is 0 Å². The first-order valence-electron chi connectivity index (χ1n) is 6.76. The molecular formula is C15H19N3O2. The van der Waals surface area contributed by atoms with Crippen LogP contribution in [0, 0.1) is 0 Å². The lowest BCUT2D eigenvalue weighted by Gasteiger charge is -2.10. The second-order valence-corrected chi connectivity index (χ2v) is 4.50. The van der Waals surface area contributed by atoms with E-state index in [2.05, 4.69) is 17.0 Å². The van der Waals surface area contributed by atoms with Crippen LogP contribution in [0.5, 0.6) is 5.75 Å². The fraction of sp³-hybridized carbons (Fsp3) is 0.400. The first-order chi connectivity index (χ1) is 9.71. The molecule has 1 aromatic carbocycles. The van der Waals surface area contributed by atoms with E-state index in [0.717, 1.165) is 42.1 Å². The summed E-state index contributed by atoms with van der Waals surface area (Å²) in [5, 5.41) is 4.49. The van der Waals surface area contributed by atoms with Gasteiger partial charge in [0.25, 0.3) is 0 Å². The minimum absolute atomic E-state index is 0.557. The lowest BCUT2D eigenvalue weighted by molar-refractivity contribution is 0.112. The number of nitrogens with zero attached hydrogens (tertiary/aromatic N) is 3. The minimum atomic E-state index is 0.557. The van der Waals surface area contributed by atoms with E-state index >= 15 is 0 Å². The van der Waals surface area contributed by atoms with Gasteiger partial charge in [0.1, 0.15) is 17.9 Å². The smallest absolute Gasteiger partial charge is 0.150 e. The summed E-state index contributed by atoms with van der Waals surface area (Å²) in [6.45, 7) is 4.65. The van der Waals surface area contributed by atoms with Gasteiger partial charge in [-0.05, 0) is 18.2 Å². The molecule has 0 fully saturated rings. The summed E-state index contributed by atoms with van der Waals surface area (Å²) in [7, 11) is 1.62. The minimum Gasteiger partial charge on any atom is -0.496 e. The second-order valence-electron chi connectivity index (χ2n) is 4.50. The van der Waals surface area contributed by atoms with Crippen molar-refractivity contribution in [3.05, 3.63) is 41.0 Å². The Morgan fingerprint density at radius 3 is 2.70 bits per heavy atom. The average Bonchev–Trinajstić information content (AvgIpc) is 2.89. The number of aromatic nitrogens is 3. The van der Waals surface area contributed by atoms with Crippen LogP contribution in [0.1, 0.15) is 41.4 Å². The molecule has 0 aliphatic heterocycles. The maximum Gasteiger partial charge on any atom is 0.150 e. The van der Waals surface area contributed by atoms with Crippen molar-refractivity contribution >= 4 is 6.29 Å². The van der Waals surface area contributed by atoms with Crippen molar-refractivity contribution in [1.29, 1.82) is 0 Å². The Hall–Kier alpha value is -2.17. The SMILES string of the molecule is CCc1nc(CC)n(Cc2cc(C=O)ccc2OC)n1. The first kappa shape index (κ1) is 14.2. The highest BCUT2D eigenvalue weighted by Gasteiger charge is 2.11. The number of hydrogen-bond acceptors (Lipinski definition) is 4. The van der Waals surface area contributed by atoms with E-state index in [1.807, 2.05) is 23.7 Å². The van der Waals surface area contributed by atoms with Crippen LogP contribution in [-0.2, 0) is 19.4 Å². The molecule has 1 aromatic heterocycles. The van der Waals surface area contributed by atoms with Crippen LogP contribution in [0.15, 0.2) is 18.2 Å². The number of carbonyl (C=O) groups excluding carboxylic acids is 1. The summed E-state index contributed by atoms with van der Waals surface area (Å²) in [6, 6.07) is 5.38. The number of methoxy groups -OCH3 is 1. The van der Waals surface area contributed by atoms with Crippen LogP contribution in [0.25, 0.3) is 0 Å². The molecule has 5 nitrogen and oxygen atoms in total. The van der Waals surface area contributed by atoms with Gasteiger partial charge in [0.05, 0.1) is 13.7 Å². The van der Waals surface area contributed by atoms with Gasteiger partial charge in [-0.25, -0.2) is 9.67 Å². The number of hydrogen-bond donors (Lipinski definition) is 0. The van der Waals surface area contributed by atoms with Crippen LogP contribution < -0.4 is 4.74 Å². The Kier molecular flexibility index (Phi) is 4.50. The maximum absolute atomic E-state index is 10.9. The van der Waals surface area contributed by atoms with Gasteiger partial charge < -0.3 is 4.74 Å². The van der Waals surface area contributed by atoms with Crippen molar-refractivity contribution < 1.29 is 9.53 Å². The van der Waals surface area contributed by atoms with Gasteiger partial charge in [-0.3, -0.25) is 4.79 Å². The van der Waals surface area contributed by atoms with Crippen LogP contribution in [0.2, 0.25) is 0 Å². The highest BCUT2D eigenvalue weighted by atomic mass is 16.5. The Morgan fingerprint density at radius 2 is 2.10 bits per heavy atom. The van der Waals surface area contributed by atoms with E-state index in [4.69, 9.17) is 4.74 Å². The van der Waals surface area contributed by atoms with E-state index in [9.17, 15) is 4.79 Å². The number of aldehydes is 1. The molecule has 0 radical (unpaired) electrons. The molecule has 0 N–H and O–H groups in total. The highest BCUT2D eigenvalue weighted by molar-refractivity contribution is 5.75. The standard InChI is InChI=1S/C15H19N3O2/c1-4-14-16-15(5-2)18(17-14)9-12-8-11(10-19)6-7-13(12)20-3/h6-8,10H,4-5,9H2,1-3H3. The summed E-state index contributed by atoms with van der Waals surface area (Å²) in [4.78, 5) is 15.4. The molecule has 20 heavy (non-hydrogen) atoms. The lowest BCUT2D eigenvalue weighted by Crippen LogP contribution is -2.08. The lowest BCUT2D eigenvalue weighted by atomic mass is 10.1. The molecule has 0 spiro atoms. The third-order valence-corrected chi connectivity index (χ3v) is 3.19. The fourth-order valence-corrected chi connectivity index (χ4v) is 2.12. The van der Waals surface area contributed by atoms with Gasteiger partial charge in [-0.1, -0.05) is 13.8 Å². The highest BCUT2D eigenvalue weighted by Crippen LogP contribution is 2.21. The Labute approximate surface area is 118 Å². The van der Waals surface area contributed by atoms with Crippen molar-refractivity contribution in [2.75, 3.05) is 7.11 Å². The van der Waals surface area contributed by atoms with E-state index in [1.165, 1.54) is 0 Å². The molecule has 0 aliphatic carbocycles. The topological polar surface area (TPSA) is 57.0 Å². The third kappa shape index (κ3) is 2.87. The molecule has 2 aromatic rings. The predicted octanol–water partition coefficient (Wildman–Crippen LogP) is 2.27. The van der Waals surface area contributed by atoms with Crippen LogP contribution in [0.3, 0.4) is 0 Å². The van der Waals surface area contributed by atoms with Crippen molar-refractivity contribution in [1.82, 2.24) is 14.8 Å². The van der Waals surface area contributed by atoms with Gasteiger partial charge in [0.2, 0.25) is 0 Å². The number of carbonyl (C=O) groups is 1. The largest absolute Gasteiger partial charge is 0.496 e.